The van der Waals surface area contributed by atoms with Gasteiger partial charge in [-0.15, -0.1) is 12.4 Å². The van der Waals surface area contributed by atoms with Crippen molar-refractivity contribution in [3.63, 3.8) is 0 Å². The monoisotopic (exact) mass is 372 g/mol. The summed E-state index contributed by atoms with van der Waals surface area (Å²) < 4.78 is 63.2. The van der Waals surface area contributed by atoms with E-state index in [9.17, 15) is 21.2 Å². The predicted molar refractivity (Wildman–Crippen MR) is 83.0 cm³/mol. The number of hydrogen-bond donors (Lipinski definition) is 2. The van der Waals surface area contributed by atoms with Gasteiger partial charge in [0.2, 0.25) is 10.0 Å². The fourth-order valence-corrected chi connectivity index (χ4v) is 4.20. The van der Waals surface area contributed by atoms with E-state index in [4.69, 9.17) is 0 Å². The second-order valence-electron chi connectivity index (χ2n) is 5.03. The number of hydrogen-bond acceptors (Lipinski definition) is 5. The molecule has 0 amide bonds. The Hall–Kier alpha value is -0.740. The second-order valence-corrected chi connectivity index (χ2v) is 8.73. The van der Waals surface area contributed by atoms with Gasteiger partial charge in [-0.2, -0.15) is 0 Å². The van der Waals surface area contributed by atoms with Crippen LogP contribution < -0.4 is 10.0 Å². The van der Waals surface area contributed by atoms with E-state index in [0.717, 1.165) is 37.4 Å². The Labute approximate surface area is 135 Å². The van der Waals surface area contributed by atoms with Crippen LogP contribution in [0.15, 0.2) is 28.0 Å². The first-order valence-corrected chi connectivity index (χ1v) is 9.80. The van der Waals surface area contributed by atoms with Crippen LogP contribution in [0.25, 0.3) is 0 Å². The third-order valence-corrected chi connectivity index (χ3v) is 5.88. The molecule has 2 rings (SSSR count). The van der Waals surface area contributed by atoms with Crippen LogP contribution in [-0.2, 0) is 19.9 Å². The van der Waals surface area contributed by atoms with Crippen molar-refractivity contribution >= 4 is 32.3 Å². The molecule has 1 atom stereocenters. The fourth-order valence-electron chi connectivity index (χ4n) is 2.19. The highest BCUT2D eigenvalue weighted by molar-refractivity contribution is 7.90. The minimum atomic E-state index is -3.87. The zero-order valence-electron chi connectivity index (χ0n) is 11.9. The number of rotatable bonds is 4. The molecule has 2 N–H and O–H groups in total. The van der Waals surface area contributed by atoms with Gasteiger partial charge in [-0.05, 0) is 37.6 Å². The van der Waals surface area contributed by atoms with Gasteiger partial charge >= 0.3 is 0 Å². The molecular weight excluding hydrogens is 355 g/mol. The summed E-state index contributed by atoms with van der Waals surface area (Å²) in [6, 6.07) is 2.55. The average molecular weight is 373 g/mol. The summed E-state index contributed by atoms with van der Waals surface area (Å²) in [7, 11) is -7.59. The summed E-state index contributed by atoms with van der Waals surface area (Å²) in [6.45, 7) is 1.36. The molecule has 126 valence electrons. The molecule has 1 fully saturated rings. The van der Waals surface area contributed by atoms with Crippen molar-refractivity contribution in [2.75, 3.05) is 19.3 Å². The molecule has 0 bridgehead atoms. The largest absolute Gasteiger partial charge is 0.315 e. The van der Waals surface area contributed by atoms with Crippen LogP contribution in [0.5, 0.6) is 0 Å². The molecule has 1 aromatic rings. The van der Waals surface area contributed by atoms with Crippen LogP contribution in [0.1, 0.15) is 12.8 Å². The highest BCUT2D eigenvalue weighted by Gasteiger charge is 2.23. The minimum Gasteiger partial charge on any atom is -0.315 e. The molecule has 6 nitrogen and oxygen atoms in total. The lowest BCUT2D eigenvalue weighted by atomic mass is 10.1. The van der Waals surface area contributed by atoms with Gasteiger partial charge in [0, 0.05) is 18.8 Å². The minimum absolute atomic E-state index is 0. The fraction of sp³-hybridized carbons (Fsp3) is 0.500. The number of sulfonamides is 1. The van der Waals surface area contributed by atoms with E-state index in [-0.39, 0.29) is 23.3 Å². The van der Waals surface area contributed by atoms with Crippen molar-refractivity contribution in [3.8, 4) is 0 Å². The van der Waals surface area contributed by atoms with Crippen molar-refractivity contribution in [1.29, 1.82) is 0 Å². The smallest absolute Gasteiger partial charge is 0.240 e. The van der Waals surface area contributed by atoms with Crippen LogP contribution in [-0.4, -0.2) is 42.2 Å². The summed E-state index contributed by atoms with van der Waals surface area (Å²) >= 11 is 0. The highest BCUT2D eigenvalue weighted by Crippen LogP contribution is 2.19. The summed E-state index contributed by atoms with van der Waals surface area (Å²) in [4.78, 5) is -0.793. The molecule has 0 spiro atoms. The van der Waals surface area contributed by atoms with Crippen LogP contribution in [0.3, 0.4) is 0 Å². The third kappa shape index (κ3) is 4.63. The zero-order valence-corrected chi connectivity index (χ0v) is 14.3. The number of sulfone groups is 1. The Morgan fingerprint density at radius 2 is 1.95 bits per heavy atom. The number of benzene rings is 1. The normalized spacial score (nSPS) is 19.5. The lowest BCUT2D eigenvalue weighted by molar-refractivity contribution is 0.428. The molecule has 1 heterocycles. The SMILES string of the molecule is CS(=O)(=O)c1ccc(S(=O)(=O)NC2CCCNC2)cc1F.Cl. The topological polar surface area (TPSA) is 92.3 Å². The lowest BCUT2D eigenvalue weighted by Gasteiger charge is -2.23. The van der Waals surface area contributed by atoms with E-state index in [1.165, 1.54) is 0 Å². The molecule has 10 heteroatoms. The molecule has 0 aromatic heterocycles. The Bertz CT molecular complexity index is 731. The highest BCUT2D eigenvalue weighted by atomic mass is 35.5. The maximum atomic E-state index is 13.8. The molecule has 1 aliphatic rings. The van der Waals surface area contributed by atoms with Gasteiger partial charge in [0.25, 0.3) is 0 Å². The Morgan fingerprint density at radius 1 is 1.27 bits per heavy atom. The van der Waals surface area contributed by atoms with Crippen molar-refractivity contribution < 1.29 is 21.2 Å². The van der Waals surface area contributed by atoms with E-state index >= 15 is 0 Å². The third-order valence-electron chi connectivity index (χ3n) is 3.23. The summed E-state index contributed by atoms with van der Waals surface area (Å²) in [6.07, 6.45) is 2.43. The molecule has 1 saturated heterocycles. The second kappa shape index (κ2) is 7.22. The Morgan fingerprint density at radius 3 is 2.45 bits per heavy atom. The first-order chi connectivity index (χ1) is 9.70. The predicted octanol–water partition coefficient (Wildman–Crippen LogP) is 0.681. The van der Waals surface area contributed by atoms with E-state index in [1.54, 1.807) is 0 Å². The van der Waals surface area contributed by atoms with Crippen molar-refractivity contribution in [1.82, 2.24) is 10.0 Å². The van der Waals surface area contributed by atoms with E-state index in [2.05, 4.69) is 10.0 Å². The summed E-state index contributed by atoms with van der Waals surface area (Å²) in [5.41, 5.74) is 0. The maximum Gasteiger partial charge on any atom is 0.240 e. The van der Waals surface area contributed by atoms with Gasteiger partial charge in [-0.1, -0.05) is 0 Å². The van der Waals surface area contributed by atoms with Crippen LogP contribution in [0, 0.1) is 5.82 Å². The Balaban J connectivity index is 0.00000242. The van der Waals surface area contributed by atoms with Gasteiger partial charge in [-0.25, -0.2) is 25.9 Å². The molecule has 1 aliphatic heterocycles. The number of nitrogens with one attached hydrogen (secondary N) is 2. The summed E-state index contributed by atoms with van der Waals surface area (Å²) in [5, 5.41) is 3.07. The first kappa shape index (κ1) is 19.3. The van der Waals surface area contributed by atoms with Crippen molar-refractivity contribution in [2.24, 2.45) is 0 Å². The molecule has 0 saturated carbocycles. The Kier molecular flexibility index (Phi) is 6.34. The molecular formula is C12H18ClFN2O4S2. The molecule has 1 aromatic carbocycles. The average Bonchev–Trinajstić information content (AvgIpc) is 2.37. The molecule has 22 heavy (non-hydrogen) atoms. The molecule has 0 aliphatic carbocycles. The van der Waals surface area contributed by atoms with Gasteiger partial charge in [0.15, 0.2) is 9.84 Å². The van der Waals surface area contributed by atoms with Gasteiger partial charge in [0.05, 0.1) is 4.90 Å². The number of halogens is 2. The summed E-state index contributed by atoms with van der Waals surface area (Å²) in [5.74, 6) is -1.07. The van der Waals surface area contributed by atoms with E-state index in [1.807, 2.05) is 0 Å². The number of piperidine rings is 1. The van der Waals surface area contributed by atoms with E-state index in [0.29, 0.717) is 13.0 Å². The van der Waals surface area contributed by atoms with Crippen molar-refractivity contribution in [3.05, 3.63) is 24.0 Å². The van der Waals surface area contributed by atoms with Gasteiger partial charge < -0.3 is 5.32 Å². The van der Waals surface area contributed by atoms with E-state index < -0.39 is 30.6 Å². The zero-order chi connectivity index (χ0) is 15.7. The standard InChI is InChI=1S/C12H17FN2O4S2.ClH/c1-20(16,17)12-5-4-10(7-11(12)13)21(18,19)15-9-3-2-6-14-8-9;/h4-5,7,9,14-15H,2-3,6,8H2,1H3;1H. The van der Waals surface area contributed by atoms with Gasteiger partial charge in [-0.3, -0.25) is 0 Å². The molecule has 1 unspecified atom stereocenters. The first-order valence-electron chi connectivity index (χ1n) is 6.43. The maximum absolute atomic E-state index is 13.8. The lowest BCUT2D eigenvalue weighted by Crippen LogP contribution is -2.45. The van der Waals surface area contributed by atoms with Crippen LogP contribution in [0.2, 0.25) is 0 Å². The van der Waals surface area contributed by atoms with Gasteiger partial charge in [0.1, 0.15) is 10.7 Å². The van der Waals surface area contributed by atoms with Crippen LogP contribution in [0.4, 0.5) is 4.39 Å². The van der Waals surface area contributed by atoms with Crippen molar-refractivity contribution in [2.45, 2.75) is 28.7 Å². The quantitative estimate of drug-likeness (QED) is 0.810. The molecule has 0 radical (unpaired) electrons. The van der Waals surface area contributed by atoms with Crippen LogP contribution >= 0.6 is 12.4 Å².